The van der Waals surface area contributed by atoms with Crippen molar-refractivity contribution in [3.05, 3.63) is 35.1 Å². The fourth-order valence-corrected chi connectivity index (χ4v) is 2.63. The van der Waals surface area contributed by atoms with Crippen molar-refractivity contribution in [1.82, 2.24) is 5.32 Å². The summed E-state index contributed by atoms with van der Waals surface area (Å²) in [7, 11) is 1.96. The number of halogens is 1. The zero-order chi connectivity index (χ0) is 15.3. The van der Waals surface area contributed by atoms with Crippen molar-refractivity contribution >= 4 is 0 Å². The highest BCUT2D eigenvalue weighted by molar-refractivity contribution is 5.27. The molecule has 0 saturated heterocycles. The number of likely N-dealkylation sites (N-methyl/N-ethyl adjacent to an activating group) is 1. The lowest BCUT2D eigenvalue weighted by Gasteiger charge is -2.37. The fourth-order valence-electron chi connectivity index (χ4n) is 2.63. The first-order valence-corrected chi connectivity index (χ1v) is 7.33. The van der Waals surface area contributed by atoms with Crippen molar-refractivity contribution in [3.63, 3.8) is 0 Å². The number of aryl methyl sites for hydroxylation is 1. The summed E-state index contributed by atoms with van der Waals surface area (Å²) in [6, 6.07) is 5.20. The molecule has 0 fully saturated rings. The van der Waals surface area contributed by atoms with Gasteiger partial charge in [0.25, 0.3) is 0 Å². The Hall–Kier alpha value is -0.930. The van der Waals surface area contributed by atoms with Gasteiger partial charge in [-0.3, -0.25) is 0 Å². The zero-order valence-electron chi connectivity index (χ0n) is 13.6. The Labute approximate surface area is 122 Å². The van der Waals surface area contributed by atoms with Gasteiger partial charge in [0.05, 0.1) is 6.10 Å². The molecule has 0 spiro atoms. The van der Waals surface area contributed by atoms with Crippen LogP contribution < -0.4 is 5.32 Å². The van der Waals surface area contributed by atoms with Crippen LogP contribution in [-0.4, -0.2) is 25.8 Å². The molecular weight excluding hydrogens is 253 g/mol. The molecule has 1 N–H and O–H groups in total. The predicted molar refractivity (Wildman–Crippen MR) is 82.6 cm³/mol. The van der Waals surface area contributed by atoms with Gasteiger partial charge < -0.3 is 10.1 Å². The van der Waals surface area contributed by atoms with Crippen LogP contribution in [0.1, 0.15) is 38.8 Å². The summed E-state index contributed by atoms with van der Waals surface area (Å²) in [5.41, 5.74) is 2.21. The molecule has 0 amide bonds. The lowest BCUT2D eigenvalue weighted by Crippen LogP contribution is -2.48. The van der Waals surface area contributed by atoms with Gasteiger partial charge >= 0.3 is 0 Å². The molecule has 2 atom stereocenters. The van der Waals surface area contributed by atoms with E-state index in [-0.39, 0.29) is 23.4 Å². The van der Waals surface area contributed by atoms with Crippen LogP contribution in [0, 0.1) is 18.2 Å². The molecule has 0 aromatic heterocycles. The van der Waals surface area contributed by atoms with Crippen LogP contribution in [0.15, 0.2) is 18.2 Å². The average molecular weight is 281 g/mol. The maximum absolute atomic E-state index is 13.2. The molecule has 114 valence electrons. The third kappa shape index (κ3) is 4.57. The summed E-state index contributed by atoms with van der Waals surface area (Å²) in [5.74, 6) is -0.176. The SMILES string of the molecule is CCOC(C(Cc1ccc(F)cc1C)NC)C(C)(C)C. The monoisotopic (exact) mass is 281 g/mol. The van der Waals surface area contributed by atoms with Gasteiger partial charge in [-0.1, -0.05) is 26.8 Å². The Morgan fingerprint density at radius 1 is 1.30 bits per heavy atom. The van der Waals surface area contributed by atoms with E-state index < -0.39 is 0 Å². The first-order chi connectivity index (χ1) is 9.29. The lowest BCUT2D eigenvalue weighted by molar-refractivity contribution is -0.0340. The van der Waals surface area contributed by atoms with E-state index in [1.165, 1.54) is 11.6 Å². The van der Waals surface area contributed by atoms with Gasteiger partial charge in [0, 0.05) is 12.6 Å². The molecule has 2 nitrogen and oxygen atoms in total. The standard InChI is InChI=1S/C17H28FNO/c1-7-20-16(17(3,4)5)15(19-6)11-13-8-9-14(18)10-12(13)2/h8-10,15-16,19H,7,11H2,1-6H3. The Morgan fingerprint density at radius 2 is 1.95 bits per heavy atom. The molecule has 0 aliphatic heterocycles. The van der Waals surface area contributed by atoms with Crippen LogP contribution in [0.4, 0.5) is 4.39 Å². The Bertz CT molecular complexity index is 425. The van der Waals surface area contributed by atoms with Gasteiger partial charge in [0.2, 0.25) is 0 Å². The highest BCUT2D eigenvalue weighted by Gasteiger charge is 2.32. The average Bonchev–Trinajstić information content (AvgIpc) is 2.34. The van der Waals surface area contributed by atoms with Crippen molar-refractivity contribution in [2.45, 2.75) is 53.2 Å². The molecule has 0 heterocycles. The highest BCUT2D eigenvalue weighted by Crippen LogP contribution is 2.27. The van der Waals surface area contributed by atoms with Crippen LogP contribution in [0.2, 0.25) is 0 Å². The summed E-state index contributed by atoms with van der Waals surface area (Å²) in [6.45, 7) is 11.2. The van der Waals surface area contributed by atoms with Crippen molar-refractivity contribution < 1.29 is 9.13 Å². The van der Waals surface area contributed by atoms with Gasteiger partial charge in [0.1, 0.15) is 5.82 Å². The van der Waals surface area contributed by atoms with Crippen molar-refractivity contribution in [2.75, 3.05) is 13.7 Å². The van der Waals surface area contributed by atoms with Crippen molar-refractivity contribution in [1.29, 1.82) is 0 Å². The summed E-state index contributed by atoms with van der Waals surface area (Å²) >= 11 is 0. The third-order valence-electron chi connectivity index (χ3n) is 3.68. The minimum Gasteiger partial charge on any atom is -0.376 e. The second-order valence-electron chi connectivity index (χ2n) is 6.41. The van der Waals surface area contributed by atoms with E-state index in [0.717, 1.165) is 12.0 Å². The second-order valence-corrected chi connectivity index (χ2v) is 6.41. The number of nitrogens with one attached hydrogen (secondary N) is 1. The number of ether oxygens (including phenoxy) is 1. The maximum atomic E-state index is 13.2. The van der Waals surface area contributed by atoms with E-state index in [2.05, 4.69) is 26.1 Å². The molecule has 1 aromatic carbocycles. The Morgan fingerprint density at radius 3 is 2.40 bits per heavy atom. The third-order valence-corrected chi connectivity index (χ3v) is 3.68. The van der Waals surface area contributed by atoms with E-state index in [1.807, 2.05) is 27.0 Å². The van der Waals surface area contributed by atoms with E-state index >= 15 is 0 Å². The zero-order valence-corrected chi connectivity index (χ0v) is 13.6. The molecule has 0 radical (unpaired) electrons. The fraction of sp³-hybridized carbons (Fsp3) is 0.647. The van der Waals surface area contributed by atoms with Crippen LogP contribution in [-0.2, 0) is 11.2 Å². The molecule has 0 aliphatic rings. The van der Waals surface area contributed by atoms with E-state index in [9.17, 15) is 4.39 Å². The highest BCUT2D eigenvalue weighted by atomic mass is 19.1. The van der Waals surface area contributed by atoms with Crippen LogP contribution in [0.25, 0.3) is 0 Å². The Balaban J connectivity index is 2.94. The normalized spacial score (nSPS) is 15.2. The first-order valence-electron chi connectivity index (χ1n) is 7.33. The minimum absolute atomic E-state index is 0.0532. The smallest absolute Gasteiger partial charge is 0.123 e. The molecule has 1 aromatic rings. The number of hydrogen-bond acceptors (Lipinski definition) is 2. The molecule has 0 bridgehead atoms. The second kappa shape index (κ2) is 7.19. The molecule has 1 rings (SSSR count). The number of rotatable bonds is 6. The Kier molecular flexibility index (Phi) is 6.15. The number of hydrogen-bond donors (Lipinski definition) is 1. The summed E-state index contributed by atoms with van der Waals surface area (Å²) in [6.07, 6.45) is 0.951. The summed E-state index contributed by atoms with van der Waals surface area (Å²) in [4.78, 5) is 0. The van der Waals surface area contributed by atoms with Crippen molar-refractivity contribution in [3.8, 4) is 0 Å². The molecule has 0 saturated carbocycles. The van der Waals surface area contributed by atoms with Crippen LogP contribution >= 0.6 is 0 Å². The topological polar surface area (TPSA) is 21.3 Å². The molecule has 3 heteroatoms. The summed E-state index contributed by atoms with van der Waals surface area (Å²) < 4.78 is 19.2. The van der Waals surface area contributed by atoms with E-state index in [0.29, 0.717) is 6.61 Å². The van der Waals surface area contributed by atoms with Gasteiger partial charge in [-0.15, -0.1) is 0 Å². The summed E-state index contributed by atoms with van der Waals surface area (Å²) in [5, 5.41) is 3.37. The molecule has 0 aliphatic carbocycles. The predicted octanol–water partition coefficient (Wildman–Crippen LogP) is 3.72. The van der Waals surface area contributed by atoms with Gasteiger partial charge in [-0.25, -0.2) is 4.39 Å². The van der Waals surface area contributed by atoms with Gasteiger partial charge in [-0.2, -0.15) is 0 Å². The van der Waals surface area contributed by atoms with Crippen LogP contribution in [0.3, 0.4) is 0 Å². The van der Waals surface area contributed by atoms with Gasteiger partial charge in [0.15, 0.2) is 0 Å². The molecular formula is C17H28FNO. The molecule has 20 heavy (non-hydrogen) atoms. The largest absolute Gasteiger partial charge is 0.376 e. The quantitative estimate of drug-likeness (QED) is 0.858. The van der Waals surface area contributed by atoms with E-state index in [1.54, 1.807) is 6.07 Å². The first kappa shape index (κ1) is 17.1. The van der Waals surface area contributed by atoms with Crippen molar-refractivity contribution in [2.24, 2.45) is 5.41 Å². The minimum atomic E-state index is -0.176. The molecule has 2 unspecified atom stereocenters. The number of benzene rings is 1. The van der Waals surface area contributed by atoms with Crippen LogP contribution in [0.5, 0.6) is 0 Å². The van der Waals surface area contributed by atoms with E-state index in [4.69, 9.17) is 4.74 Å². The van der Waals surface area contributed by atoms with Gasteiger partial charge in [-0.05, 0) is 56.0 Å². The maximum Gasteiger partial charge on any atom is 0.123 e. The lowest BCUT2D eigenvalue weighted by atomic mass is 9.82.